The van der Waals surface area contributed by atoms with Crippen LogP contribution in [-0.2, 0) is 13.1 Å². The first-order chi connectivity index (χ1) is 16.5. The third-order valence-corrected chi connectivity index (χ3v) is 6.13. The number of nitrogens with zero attached hydrogens (tertiary/aromatic N) is 4. The molecule has 0 spiro atoms. The van der Waals surface area contributed by atoms with Crippen LogP contribution in [0.25, 0.3) is 22.5 Å². The van der Waals surface area contributed by atoms with Crippen molar-refractivity contribution >= 4 is 0 Å². The smallest absolute Gasteiger partial charge is 0.232 e. The summed E-state index contributed by atoms with van der Waals surface area (Å²) < 4.78 is 6.12. The van der Waals surface area contributed by atoms with Crippen molar-refractivity contribution in [3.05, 3.63) is 65.9 Å². The van der Waals surface area contributed by atoms with Crippen LogP contribution in [0, 0.1) is 5.92 Å². The minimum Gasteiger partial charge on any atom is -0.476 e. The van der Waals surface area contributed by atoms with Gasteiger partial charge in [-0.3, -0.25) is 0 Å². The van der Waals surface area contributed by atoms with E-state index in [0.29, 0.717) is 18.4 Å². The van der Waals surface area contributed by atoms with E-state index in [4.69, 9.17) is 14.7 Å². The molecule has 0 bridgehead atoms. The van der Waals surface area contributed by atoms with Gasteiger partial charge in [0.2, 0.25) is 5.88 Å². The molecule has 1 N–H and O–H groups in total. The SMILES string of the molecule is CN(C)Cc1ccc(-c2ncc(OCC3CCNCC3)nc2-c2ccc(CN(C)C)cc2)cc1. The maximum atomic E-state index is 6.12. The van der Waals surface area contributed by atoms with Crippen molar-refractivity contribution in [2.75, 3.05) is 47.9 Å². The Balaban J connectivity index is 1.62. The van der Waals surface area contributed by atoms with Gasteiger partial charge in [0.05, 0.1) is 18.5 Å². The molecule has 0 aliphatic carbocycles. The van der Waals surface area contributed by atoms with E-state index in [1.165, 1.54) is 11.1 Å². The minimum atomic E-state index is 0.570. The molecule has 6 nitrogen and oxygen atoms in total. The van der Waals surface area contributed by atoms with Crippen LogP contribution in [0.2, 0.25) is 0 Å². The van der Waals surface area contributed by atoms with Gasteiger partial charge in [-0.15, -0.1) is 0 Å². The van der Waals surface area contributed by atoms with Gasteiger partial charge in [0.1, 0.15) is 5.69 Å². The average Bonchev–Trinajstić information content (AvgIpc) is 2.84. The first kappa shape index (κ1) is 24.3. The maximum Gasteiger partial charge on any atom is 0.232 e. The third-order valence-electron chi connectivity index (χ3n) is 6.13. The highest BCUT2D eigenvalue weighted by molar-refractivity contribution is 5.78. The number of hydrogen-bond donors (Lipinski definition) is 1. The molecular weight excluding hydrogens is 422 g/mol. The van der Waals surface area contributed by atoms with Crippen molar-refractivity contribution in [1.29, 1.82) is 0 Å². The summed E-state index contributed by atoms with van der Waals surface area (Å²) in [6, 6.07) is 17.2. The fraction of sp³-hybridized carbons (Fsp3) is 0.429. The van der Waals surface area contributed by atoms with E-state index in [2.05, 4.69) is 91.8 Å². The van der Waals surface area contributed by atoms with E-state index in [1.54, 1.807) is 6.20 Å². The van der Waals surface area contributed by atoms with Crippen molar-refractivity contribution in [3.63, 3.8) is 0 Å². The normalized spacial score (nSPS) is 14.6. The van der Waals surface area contributed by atoms with E-state index in [1.807, 2.05) is 0 Å². The Hall–Kier alpha value is -2.80. The van der Waals surface area contributed by atoms with Gasteiger partial charge in [-0.2, -0.15) is 0 Å². The molecule has 1 aromatic heterocycles. The van der Waals surface area contributed by atoms with Crippen LogP contribution in [0.4, 0.5) is 0 Å². The standard InChI is InChI=1S/C28H37N5O/c1-32(2)18-21-5-9-24(10-6-21)27-28(25-11-7-22(8-12-25)19-33(3)4)31-26(17-30-27)34-20-23-13-15-29-16-14-23/h5-12,17,23,29H,13-16,18-20H2,1-4H3. The largest absolute Gasteiger partial charge is 0.476 e. The molecule has 6 heteroatoms. The summed E-state index contributed by atoms with van der Waals surface area (Å²) in [5.74, 6) is 1.17. The third kappa shape index (κ3) is 6.63. The van der Waals surface area contributed by atoms with Crippen LogP contribution in [0.3, 0.4) is 0 Å². The molecule has 0 unspecified atom stereocenters. The summed E-state index contributed by atoms with van der Waals surface area (Å²) in [5.41, 5.74) is 6.40. The van der Waals surface area contributed by atoms with E-state index >= 15 is 0 Å². The first-order valence-corrected chi connectivity index (χ1v) is 12.2. The van der Waals surface area contributed by atoms with Crippen molar-refractivity contribution in [3.8, 4) is 28.4 Å². The number of aromatic nitrogens is 2. The Kier molecular flexibility index (Phi) is 8.27. The molecule has 2 heterocycles. The fourth-order valence-corrected chi connectivity index (χ4v) is 4.37. The molecule has 0 amide bonds. The van der Waals surface area contributed by atoms with E-state index in [-0.39, 0.29) is 0 Å². The molecule has 180 valence electrons. The molecule has 1 fully saturated rings. The molecule has 4 rings (SSSR count). The summed E-state index contributed by atoms with van der Waals surface area (Å²) in [4.78, 5) is 14.1. The van der Waals surface area contributed by atoms with Gasteiger partial charge in [0.15, 0.2) is 0 Å². The summed E-state index contributed by atoms with van der Waals surface area (Å²) in [5, 5.41) is 3.41. The number of ether oxygens (including phenoxy) is 1. The zero-order chi connectivity index (χ0) is 23.9. The molecular formula is C28H37N5O. The summed E-state index contributed by atoms with van der Waals surface area (Å²) in [6.07, 6.45) is 4.06. The molecule has 3 aromatic rings. The Bertz CT molecular complexity index is 1040. The molecule has 0 radical (unpaired) electrons. The lowest BCUT2D eigenvalue weighted by molar-refractivity contribution is 0.208. The first-order valence-electron chi connectivity index (χ1n) is 12.2. The van der Waals surface area contributed by atoms with Crippen LogP contribution >= 0.6 is 0 Å². The predicted octanol–water partition coefficient (Wildman–Crippen LogP) is 4.31. The molecule has 2 aromatic carbocycles. The number of rotatable bonds is 9. The number of hydrogen-bond acceptors (Lipinski definition) is 6. The summed E-state index contributed by atoms with van der Waals surface area (Å²) in [7, 11) is 8.33. The zero-order valence-corrected chi connectivity index (χ0v) is 20.9. The maximum absolute atomic E-state index is 6.12. The number of piperidine rings is 1. The lowest BCUT2D eigenvalue weighted by atomic mass is 9.99. The van der Waals surface area contributed by atoms with E-state index < -0.39 is 0 Å². The monoisotopic (exact) mass is 459 g/mol. The summed E-state index contributed by atoms with van der Waals surface area (Å²) >= 11 is 0. The van der Waals surface area contributed by atoms with Gasteiger partial charge in [0.25, 0.3) is 0 Å². The number of nitrogens with one attached hydrogen (secondary N) is 1. The van der Waals surface area contributed by atoms with Gasteiger partial charge in [-0.05, 0) is 71.2 Å². The Morgan fingerprint density at radius 2 is 1.32 bits per heavy atom. The Morgan fingerprint density at radius 3 is 1.85 bits per heavy atom. The van der Waals surface area contributed by atoms with Crippen LogP contribution in [0.5, 0.6) is 5.88 Å². The van der Waals surface area contributed by atoms with Crippen LogP contribution in [-0.4, -0.2) is 67.7 Å². The van der Waals surface area contributed by atoms with Gasteiger partial charge in [0, 0.05) is 24.2 Å². The van der Waals surface area contributed by atoms with Crippen LogP contribution < -0.4 is 10.1 Å². The lowest BCUT2D eigenvalue weighted by Crippen LogP contribution is -2.30. The highest BCUT2D eigenvalue weighted by Gasteiger charge is 2.17. The van der Waals surface area contributed by atoms with Gasteiger partial charge in [-0.25, -0.2) is 9.97 Å². The second-order valence-electron chi connectivity index (χ2n) is 9.78. The van der Waals surface area contributed by atoms with Gasteiger partial charge in [-0.1, -0.05) is 48.5 Å². The topological polar surface area (TPSA) is 53.5 Å². The molecule has 1 aliphatic heterocycles. The van der Waals surface area contributed by atoms with E-state index in [0.717, 1.165) is 61.5 Å². The quantitative estimate of drug-likeness (QED) is 0.515. The molecule has 1 aliphatic rings. The molecule has 1 saturated heterocycles. The Morgan fingerprint density at radius 1 is 0.794 bits per heavy atom. The van der Waals surface area contributed by atoms with E-state index in [9.17, 15) is 0 Å². The van der Waals surface area contributed by atoms with Crippen molar-refractivity contribution in [2.45, 2.75) is 25.9 Å². The van der Waals surface area contributed by atoms with Crippen molar-refractivity contribution < 1.29 is 4.74 Å². The molecule has 34 heavy (non-hydrogen) atoms. The second kappa shape index (κ2) is 11.6. The zero-order valence-electron chi connectivity index (χ0n) is 20.9. The minimum absolute atomic E-state index is 0.570. The number of benzene rings is 2. The molecule has 0 saturated carbocycles. The van der Waals surface area contributed by atoms with Gasteiger partial charge >= 0.3 is 0 Å². The lowest BCUT2D eigenvalue weighted by Gasteiger charge is -2.22. The predicted molar refractivity (Wildman–Crippen MR) is 139 cm³/mol. The second-order valence-corrected chi connectivity index (χ2v) is 9.78. The highest BCUT2D eigenvalue weighted by Crippen LogP contribution is 2.31. The summed E-state index contributed by atoms with van der Waals surface area (Å²) in [6.45, 7) is 4.64. The van der Waals surface area contributed by atoms with Gasteiger partial charge < -0.3 is 19.9 Å². The molecule has 0 atom stereocenters. The fourth-order valence-electron chi connectivity index (χ4n) is 4.37. The average molecular weight is 460 g/mol. The Labute approximate surface area is 204 Å². The van der Waals surface area contributed by atoms with Crippen molar-refractivity contribution in [2.24, 2.45) is 5.92 Å². The van der Waals surface area contributed by atoms with Crippen molar-refractivity contribution in [1.82, 2.24) is 25.1 Å². The van der Waals surface area contributed by atoms with Crippen LogP contribution in [0.1, 0.15) is 24.0 Å². The van der Waals surface area contributed by atoms with Crippen LogP contribution in [0.15, 0.2) is 54.7 Å². The highest BCUT2D eigenvalue weighted by atomic mass is 16.5.